The molecule has 0 saturated heterocycles. The predicted molar refractivity (Wildman–Crippen MR) is 132 cm³/mol. The van der Waals surface area contributed by atoms with E-state index in [0.717, 1.165) is 29.7 Å². The topological polar surface area (TPSA) is 83.0 Å². The molecule has 1 aliphatic heterocycles. The largest absolute Gasteiger partial charge is 0.496 e. The quantitative estimate of drug-likeness (QED) is 0.178. The summed E-state index contributed by atoms with van der Waals surface area (Å²) in [4.78, 5) is 30.3. The van der Waals surface area contributed by atoms with E-state index < -0.39 is 0 Å². The zero-order valence-electron chi connectivity index (χ0n) is 18.1. The molecule has 8 heteroatoms. The molecule has 0 aliphatic carbocycles. The number of nitrogens with zero attached hydrogens (tertiary/aromatic N) is 2. The molecule has 0 radical (unpaired) electrons. The van der Waals surface area contributed by atoms with Crippen LogP contribution in [0.25, 0.3) is 0 Å². The summed E-state index contributed by atoms with van der Waals surface area (Å²) in [6.07, 6.45) is 1.53. The van der Waals surface area contributed by atoms with Gasteiger partial charge < -0.3 is 15.4 Å². The van der Waals surface area contributed by atoms with E-state index in [1.165, 1.54) is 4.90 Å². The van der Waals surface area contributed by atoms with Crippen LogP contribution in [-0.4, -0.2) is 49.9 Å². The van der Waals surface area contributed by atoms with Crippen LogP contribution in [-0.2, 0) is 6.54 Å². The first kappa shape index (κ1) is 24.6. The summed E-state index contributed by atoms with van der Waals surface area (Å²) in [5.41, 5.74) is 3.20. The SMILES string of the molecule is CN=C(NCCCCN1C(=O)c2ccccc2C1=O)NCc1ccc(C)cc1OC.I. The monoisotopic (exact) mass is 536 g/mol. The summed E-state index contributed by atoms with van der Waals surface area (Å²) < 4.78 is 5.43. The minimum absolute atomic E-state index is 0. The van der Waals surface area contributed by atoms with Crippen molar-refractivity contribution in [3.05, 3.63) is 64.7 Å². The third-order valence-corrected chi connectivity index (χ3v) is 5.09. The lowest BCUT2D eigenvalue weighted by Crippen LogP contribution is -2.37. The highest BCUT2D eigenvalue weighted by molar-refractivity contribution is 14.0. The van der Waals surface area contributed by atoms with Crippen molar-refractivity contribution in [2.24, 2.45) is 4.99 Å². The molecule has 2 aromatic rings. The average Bonchev–Trinajstić information content (AvgIpc) is 3.01. The maximum atomic E-state index is 12.4. The molecule has 0 unspecified atom stereocenters. The first-order chi connectivity index (χ1) is 14.5. The molecule has 0 spiro atoms. The van der Waals surface area contributed by atoms with E-state index in [4.69, 9.17) is 4.74 Å². The van der Waals surface area contributed by atoms with Crippen molar-refractivity contribution in [3.8, 4) is 5.75 Å². The third kappa shape index (κ3) is 5.96. The van der Waals surface area contributed by atoms with Gasteiger partial charge in [0, 0.05) is 32.2 Å². The number of amides is 2. The second kappa shape index (κ2) is 11.7. The van der Waals surface area contributed by atoms with Gasteiger partial charge in [-0.2, -0.15) is 0 Å². The van der Waals surface area contributed by atoms with Gasteiger partial charge in [0.1, 0.15) is 5.75 Å². The van der Waals surface area contributed by atoms with E-state index >= 15 is 0 Å². The molecule has 31 heavy (non-hydrogen) atoms. The van der Waals surface area contributed by atoms with E-state index in [1.54, 1.807) is 38.4 Å². The number of hydrogen-bond donors (Lipinski definition) is 2. The van der Waals surface area contributed by atoms with Crippen molar-refractivity contribution in [2.75, 3.05) is 27.2 Å². The molecule has 1 aliphatic rings. The highest BCUT2D eigenvalue weighted by Crippen LogP contribution is 2.22. The highest BCUT2D eigenvalue weighted by atomic mass is 127. The fourth-order valence-electron chi connectivity index (χ4n) is 3.44. The lowest BCUT2D eigenvalue weighted by molar-refractivity contribution is 0.0652. The number of ether oxygens (including phenoxy) is 1. The number of hydrogen-bond acceptors (Lipinski definition) is 4. The summed E-state index contributed by atoms with van der Waals surface area (Å²) in [7, 11) is 3.39. The predicted octanol–water partition coefficient (Wildman–Crippen LogP) is 3.36. The van der Waals surface area contributed by atoms with E-state index in [2.05, 4.69) is 21.7 Å². The number of fused-ring (bicyclic) bond motifs is 1. The number of carbonyl (C=O) groups is 2. The highest BCUT2D eigenvalue weighted by Gasteiger charge is 2.34. The Morgan fingerprint density at radius 2 is 1.71 bits per heavy atom. The molecule has 0 fully saturated rings. The molecule has 0 aromatic heterocycles. The van der Waals surface area contributed by atoms with E-state index in [9.17, 15) is 9.59 Å². The Hall–Kier alpha value is -2.62. The average molecular weight is 536 g/mol. The van der Waals surface area contributed by atoms with Gasteiger partial charge in [0.2, 0.25) is 0 Å². The Kier molecular flexibility index (Phi) is 9.29. The van der Waals surface area contributed by atoms with Gasteiger partial charge in [-0.25, -0.2) is 0 Å². The molecule has 0 atom stereocenters. The minimum atomic E-state index is -0.201. The van der Waals surface area contributed by atoms with Gasteiger partial charge in [-0.05, 0) is 43.5 Å². The van der Waals surface area contributed by atoms with Crippen molar-refractivity contribution in [2.45, 2.75) is 26.3 Å². The Bertz CT molecular complexity index is 927. The molecule has 2 aromatic carbocycles. The van der Waals surface area contributed by atoms with Crippen molar-refractivity contribution in [1.29, 1.82) is 0 Å². The van der Waals surface area contributed by atoms with Crippen LogP contribution in [0.1, 0.15) is 44.7 Å². The Morgan fingerprint density at radius 1 is 1.03 bits per heavy atom. The number of guanidine groups is 1. The smallest absolute Gasteiger partial charge is 0.261 e. The van der Waals surface area contributed by atoms with Crippen LogP contribution in [0.2, 0.25) is 0 Å². The van der Waals surface area contributed by atoms with Gasteiger partial charge in [-0.15, -0.1) is 24.0 Å². The number of unbranched alkanes of at least 4 members (excludes halogenated alkanes) is 1. The van der Waals surface area contributed by atoms with Crippen LogP contribution in [0.3, 0.4) is 0 Å². The molecule has 166 valence electrons. The lowest BCUT2D eigenvalue weighted by Gasteiger charge is -2.15. The van der Waals surface area contributed by atoms with Crippen molar-refractivity contribution < 1.29 is 14.3 Å². The molecule has 0 bridgehead atoms. The number of nitrogens with one attached hydrogen (secondary N) is 2. The lowest BCUT2D eigenvalue weighted by atomic mass is 10.1. The molecule has 0 saturated carbocycles. The third-order valence-electron chi connectivity index (χ3n) is 5.09. The summed E-state index contributed by atoms with van der Waals surface area (Å²) in [6, 6.07) is 13.1. The molecule has 3 rings (SSSR count). The summed E-state index contributed by atoms with van der Waals surface area (Å²) in [5.74, 6) is 1.14. The second-order valence-electron chi connectivity index (χ2n) is 7.18. The maximum Gasteiger partial charge on any atom is 0.261 e. The number of aliphatic imine (C=N–C) groups is 1. The van der Waals surface area contributed by atoms with E-state index in [1.807, 2.05) is 19.1 Å². The van der Waals surface area contributed by atoms with Crippen LogP contribution < -0.4 is 15.4 Å². The zero-order valence-corrected chi connectivity index (χ0v) is 20.4. The molecule has 7 nitrogen and oxygen atoms in total. The molecular weight excluding hydrogens is 507 g/mol. The number of imide groups is 1. The summed E-state index contributed by atoms with van der Waals surface area (Å²) in [5, 5.41) is 6.54. The fourth-order valence-corrected chi connectivity index (χ4v) is 3.44. The number of rotatable bonds is 8. The normalized spacial score (nSPS) is 13.0. The van der Waals surface area contributed by atoms with Crippen LogP contribution >= 0.6 is 24.0 Å². The standard InChI is InChI=1S/C23H28N4O3.HI/c1-16-10-11-17(20(14-16)30-3)15-26-23(24-2)25-12-6-7-13-27-21(28)18-8-4-5-9-19(18)22(27)29;/h4-5,8-11,14H,6-7,12-13,15H2,1-3H3,(H2,24,25,26);1H. The zero-order chi connectivity index (χ0) is 21.5. The van der Waals surface area contributed by atoms with Crippen molar-refractivity contribution >= 4 is 41.8 Å². The number of methoxy groups -OCH3 is 1. The van der Waals surface area contributed by atoms with E-state index in [-0.39, 0.29) is 35.8 Å². The number of halogens is 1. The van der Waals surface area contributed by atoms with Crippen molar-refractivity contribution in [1.82, 2.24) is 15.5 Å². The van der Waals surface area contributed by atoms with Gasteiger partial charge in [0.05, 0.1) is 18.2 Å². The van der Waals surface area contributed by atoms with Crippen LogP contribution in [0.15, 0.2) is 47.5 Å². The van der Waals surface area contributed by atoms with Gasteiger partial charge in [-0.3, -0.25) is 19.5 Å². The molecular formula is C23H29IN4O3. The Balaban J connectivity index is 0.00000341. The summed E-state index contributed by atoms with van der Waals surface area (Å²) >= 11 is 0. The first-order valence-electron chi connectivity index (χ1n) is 10.1. The number of carbonyl (C=O) groups excluding carboxylic acids is 2. The number of benzene rings is 2. The first-order valence-corrected chi connectivity index (χ1v) is 10.1. The van der Waals surface area contributed by atoms with Gasteiger partial charge in [-0.1, -0.05) is 24.3 Å². The van der Waals surface area contributed by atoms with Crippen LogP contribution in [0.4, 0.5) is 0 Å². The maximum absolute atomic E-state index is 12.4. The summed E-state index contributed by atoms with van der Waals surface area (Å²) in [6.45, 7) is 3.73. The second-order valence-corrected chi connectivity index (χ2v) is 7.18. The van der Waals surface area contributed by atoms with Crippen LogP contribution in [0.5, 0.6) is 5.75 Å². The van der Waals surface area contributed by atoms with Gasteiger partial charge in [0.25, 0.3) is 11.8 Å². The van der Waals surface area contributed by atoms with Crippen molar-refractivity contribution in [3.63, 3.8) is 0 Å². The Labute approximate surface area is 200 Å². The van der Waals surface area contributed by atoms with E-state index in [0.29, 0.717) is 36.7 Å². The molecule has 2 amide bonds. The van der Waals surface area contributed by atoms with Gasteiger partial charge in [0.15, 0.2) is 5.96 Å². The molecule has 2 N–H and O–H groups in total. The number of aryl methyl sites for hydroxylation is 1. The van der Waals surface area contributed by atoms with Gasteiger partial charge >= 0.3 is 0 Å². The molecule has 1 heterocycles. The Morgan fingerprint density at radius 3 is 2.32 bits per heavy atom. The van der Waals surface area contributed by atoms with Crippen LogP contribution in [0, 0.1) is 6.92 Å². The fraction of sp³-hybridized carbons (Fsp3) is 0.348. The minimum Gasteiger partial charge on any atom is -0.496 e.